The third-order valence-corrected chi connectivity index (χ3v) is 10.1. The minimum atomic E-state index is -0.407. The number of hydrogen-bond donors (Lipinski definition) is 1. The molecule has 0 aromatic heterocycles. The Kier molecular flexibility index (Phi) is 5.82. The Morgan fingerprint density at radius 3 is 2.52 bits per heavy atom. The Labute approximate surface area is 178 Å². The standard InChI is InChI=1S/C27H44O2/c1-17(2)7-6-8-18(3)21-9-10-22-20-16-25(29)24-15-19(28)11-13-27(24,5)23(20)12-14-26(21,22)4/h15,17-23,28H,6-14,16H2,1-5H3/t18-,19+,20+,21-,22+,23+,26-,27-/m1/s1. The number of carbonyl (C=O) groups is 1. The van der Waals surface area contributed by atoms with Gasteiger partial charge < -0.3 is 5.11 Å². The second-order valence-electron chi connectivity index (χ2n) is 12.1. The zero-order valence-electron chi connectivity index (χ0n) is 19.5. The summed E-state index contributed by atoms with van der Waals surface area (Å²) >= 11 is 0. The minimum Gasteiger partial charge on any atom is -0.389 e. The highest BCUT2D eigenvalue weighted by Crippen LogP contribution is 2.67. The smallest absolute Gasteiger partial charge is 0.159 e. The second kappa shape index (κ2) is 7.81. The van der Waals surface area contributed by atoms with Crippen LogP contribution in [0.4, 0.5) is 0 Å². The van der Waals surface area contributed by atoms with Gasteiger partial charge in [-0.3, -0.25) is 4.79 Å². The maximum absolute atomic E-state index is 13.2. The summed E-state index contributed by atoms with van der Waals surface area (Å²) in [5, 5.41) is 10.1. The Bertz CT molecular complexity index is 663. The molecule has 0 aliphatic heterocycles. The van der Waals surface area contributed by atoms with Gasteiger partial charge >= 0.3 is 0 Å². The molecule has 8 atom stereocenters. The third kappa shape index (κ3) is 3.56. The highest BCUT2D eigenvalue weighted by atomic mass is 16.3. The molecule has 2 nitrogen and oxygen atoms in total. The average Bonchev–Trinajstić information content (AvgIpc) is 3.00. The van der Waals surface area contributed by atoms with Gasteiger partial charge in [0, 0.05) is 6.42 Å². The van der Waals surface area contributed by atoms with Crippen LogP contribution in [-0.2, 0) is 4.79 Å². The molecule has 29 heavy (non-hydrogen) atoms. The molecule has 0 unspecified atom stereocenters. The van der Waals surface area contributed by atoms with Crippen molar-refractivity contribution in [2.45, 2.75) is 105 Å². The summed E-state index contributed by atoms with van der Waals surface area (Å²) in [4.78, 5) is 13.2. The minimum absolute atomic E-state index is 0.0154. The van der Waals surface area contributed by atoms with Crippen molar-refractivity contribution >= 4 is 5.78 Å². The first-order valence-electron chi connectivity index (χ1n) is 12.6. The van der Waals surface area contributed by atoms with Crippen LogP contribution >= 0.6 is 0 Å². The van der Waals surface area contributed by atoms with Crippen molar-refractivity contribution in [1.82, 2.24) is 0 Å². The van der Waals surface area contributed by atoms with Crippen LogP contribution in [0.2, 0.25) is 0 Å². The molecule has 4 rings (SSSR count). The largest absolute Gasteiger partial charge is 0.389 e. The van der Waals surface area contributed by atoms with Crippen molar-refractivity contribution < 1.29 is 9.90 Å². The second-order valence-corrected chi connectivity index (χ2v) is 12.1. The van der Waals surface area contributed by atoms with Crippen molar-refractivity contribution in [1.29, 1.82) is 0 Å². The molecule has 2 heteroatoms. The number of ketones is 1. The number of Topliss-reactive ketones (excluding diaryl/α,β-unsaturated/α-hetero) is 1. The van der Waals surface area contributed by atoms with E-state index in [1.165, 1.54) is 44.9 Å². The first-order valence-corrected chi connectivity index (χ1v) is 12.6. The molecule has 0 saturated heterocycles. The summed E-state index contributed by atoms with van der Waals surface area (Å²) in [5.74, 6) is 4.77. The first-order chi connectivity index (χ1) is 13.7. The molecule has 0 amide bonds. The van der Waals surface area contributed by atoms with Crippen molar-refractivity contribution in [3.63, 3.8) is 0 Å². The number of allylic oxidation sites excluding steroid dienone is 1. The van der Waals surface area contributed by atoms with Gasteiger partial charge in [0.1, 0.15) is 0 Å². The molecule has 4 aliphatic carbocycles. The lowest BCUT2D eigenvalue weighted by Gasteiger charge is -2.58. The molecular formula is C27H44O2. The maximum Gasteiger partial charge on any atom is 0.159 e. The fourth-order valence-corrected chi connectivity index (χ4v) is 8.56. The highest BCUT2D eigenvalue weighted by Gasteiger charge is 2.60. The SMILES string of the molecule is CC(C)CCC[C@@H](C)[C@H]1CC[C@H]2[C@@H]3CC(=O)C4=C[C@@H](O)CC[C@]4(C)[C@H]3CC[C@]12C. The van der Waals surface area contributed by atoms with E-state index in [9.17, 15) is 9.90 Å². The van der Waals surface area contributed by atoms with E-state index < -0.39 is 6.10 Å². The number of rotatable bonds is 5. The van der Waals surface area contributed by atoms with Crippen LogP contribution in [0.25, 0.3) is 0 Å². The molecule has 3 fully saturated rings. The normalized spacial score (nSPS) is 45.4. The fourth-order valence-electron chi connectivity index (χ4n) is 8.56. The average molecular weight is 401 g/mol. The van der Waals surface area contributed by atoms with Crippen molar-refractivity contribution in [3.05, 3.63) is 11.6 Å². The number of aliphatic hydroxyl groups is 1. The van der Waals surface area contributed by atoms with Crippen molar-refractivity contribution in [2.24, 2.45) is 46.3 Å². The lowest BCUT2D eigenvalue weighted by Crippen LogP contribution is -2.53. The molecule has 0 heterocycles. The molecule has 3 saturated carbocycles. The summed E-state index contributed by atoms with van der Waals surface area (Å²) in [7, 11) is 0. The molecule has 0 spiro atoms. The number of hydrogen-bond acceptors (Lipinski definition) is 2. The van der Waals surface area contributed by atoms with Gasteiger partial charge in [-0.1, -0.05) is 53.9 Å². The Hall–Kier alpha value is -0.630. The van der Waals surface area contributed by atoms with Gasteiger partial charge in [-0.15, -0.1) is 0 Å². The van der Waals surface area contributed by atoms with E-state index in [2.05, 4.69) is 34.6 Å². The van der Waals surface area contributed by atoms with Gasteiger partial charge in [-0.05, 0) is 96.5 Å². The van der Waals surface area contributed by atoms with E-state index in [-0.39, 0.29) is 5.41 Å². The van der Waals surface area contributed by atoms with Crippen LogP contribution in [0.15, 0.2) is 11.6 Å². The van der Waals surface area contributed by atoms with Crippen LogP contribution in [0.3, 0.4) is 0 Å². The van der Waals surface area contributed by atoms with E-state index >= 15 is 0 Å². The summed E-state index contributed by atoms with van der Waals surface area (Å²) in [6, 6.07) is 0. The van der Waals surface area contributed by atoms with Crippen LogP contribution in [0, 0.1) is 46.3 Å². The Balaban J connectivity index is 1.53. The predicted octanol–water partition coefficient (Wildman–Crippen LogP) is 6.57. The molecule has 164 valence electrons. The highest BCUT2D eigenvalue weighted by molar-refractivity contribution is 5.98. The molecule has 0 aromatic carbocycles. The lowest BCUT2D eigenvalue weighted by atomic mass is 9.46. The fraction of sp³-hybridized carbons (Fsp3) is 0.889. The van der Waals surface area contributed by atoms with Gasteiger partial charge in [0.15, 0.2) is 5.78 Å². The van der Waals surface area contributed by atoms with E-state index in [4.69, 9.17) is 0 Å². The summed E-state index contributed by atoms with van der Waals surface area (Å²) in [6.07, 6.45) is 13.5. The van der Waals surface area contributed by atoms with Crippen LogP contribution in [0.5, 0.6) is 0 Å². The van der Waals surface area contributed by atoms with Crippen molar-refractivity contribution in [2.75, 3.05) is 0 Å². The molecule has 4 aliphatic rings. The van der Waals surface area contributed by atoms with Crippen LogP contribution < -0.4 is 0 Å². The summed E-state index contributed by atoms with van der Waals surface area (Å²) < 4.78 is 0. The third-order valence-electron chi connectivity index (χ3n) is 10.1. The van der Waals surface area contributed by atoms with E-state index in [0.717, 1.165) is 48.5 Å². The monoisotopic (exact) mass is 400 g/mol. The van der Waals surface area contributed by atoms with Gasteiger partial charge in [0.05, 0.1) is 6.10 Å². The molecule has 0 radical (unpaired) electrons. The Morgan fingerprint density at radius 1 is 1.03 bits per heavy atom. The zero-order valence-corrected chi connectivity index (χ0v) is 19.5. The molecule has 0 aromatic rings. The summed E-state index contributed by atoms with van der Waals surface area (Å²) in [5.41, 5.74) is 1.43. The van der Waals surface area contributed by atoms with Crippen LogP contribution in [-0.4, -0.2) is 17.0 Å². The quantitative estimate of drug-likeness (QED) is 0.567. The van der Waals surface area contributed by atoms with Crippen LogP contribution in [0.1, 0.15) is 98.8 Å². The van der Waals surface area contributed by atoms with Gasteiger partial charge in [0.2, 0.25) is 0 Å². The maximum atomic E-state index is 13.2. The zero-order chi connectivity index (χ0) is 21.0. The van der Waals surface area contributed by atoms with Gasteiger partial charge in [0.25, 0.3) is 0 Å². The van der Waals surface area contributed by atoms with E-state index in [1.807, 2.05) is 6.08 Å². The first kappa shape index (κ1) is 21.6. The molecule has 0 bridgehead atoms. The lowest BCUT2D eigenvalue weighted by molar-refractivity contribution is -0.129. The van der Waals surface area contributed by atoms with E-state index in [1.54, 1.807) is 0 Å². The van der Waals surface area contributed by atoms with Crippen molar-refractivity contribution in [3.8, 4) is 0 Å². The molecular weight excluding hydrogens is 356 g/mol. The number of carbonyl (C=O) groups excluding carboxylic acids is 1. The predicted molar refractivity (Wildman–Crippen MR) is 119 cm³/mol. The van der Waals surface area contributed by atoms with Gasteiger partial charge in [-0.2, -0.15) is 0 Å². The number of fused-ring (bicyclic) bond motifs is 5. The summed E-state index contributed by atoms with van der Waals surface area (Å²) in [6.45, 7) is 12.1. The molecule has 1 N–H and O–H groups in total. The van der Waals surface area contributed by atoms with Gasteiger partial charge in [-0.25, -0.2) is 0 Å². The Morgan fingerprint density at radius 2 is 1.79 bits per heavy atom. The van der Waals surface area contributed by atoms with E-state index in [0.29, 0.717) is 23.0 Å². The number of aliphatic hydroxyl groups excluding tert-OH is 1. The topological polar surface area (TPSA) is 37.3 Å².